The summed E-state index contributed by atoms with van der Waals surface area (Å²) in [4.78, 5) is 16.6. The number of nitrogens with zero attached hydrogens (tertiary/aromatic N) is 2. The largest absolute Gasteiger partial charge is 0.342 e. The predicted molar refractivity (Wildman–Crippen MR) is 99.9 cm³/mol. The van der Waals surface area contributed by atoms with Crippen LogP contribution in [0.2, 0.25) is 0 Å². The van der Waals surface area contributed by atoms with E-state index in [1.54, 1.807) is 23.9 Å². The molecule has 0 unspecified atom stereocenters. The molecule has 2 rings (SSSR count). The molecule has 1 aliphatic heterocycles. The van der Waals surface area contributed by atoms with Crippen molar-refractivity contribution in [1.82, 2.24) is 9.80 Å². The van der Waals surface area contributed by atoms with Crippen LogP contribution in [0.15, 0.2) is 24.3 Å². The minimum atomic E-state index is -0.157. The normalized spacial score (nSPS) is 18.5. The van der Waals surface area contributed by atoms with E-state index >= 15 is 0 Å². The summed E-state index contributed by atoms with van der Waals surface area (Å²) in [5, 5.41) is 0. The molecule has 0 bridgehead atoms. The molecule has 1 atom stereocenters. The molecule has 0 saturated carbocycles. The number of halogens is 1. The Kier molecular flexibility index (Phi) is 8.06. The van der Waals surface area contributed by atoms with E-state index < -0.39 is 0 Å². The van der Waals surface area contributed by atoms with Crippen molar-refractivity contribution in [3.63, 3.8) is 0 Å². The number of piperidine rings is 1. The summed E-state index contributed by atoms with van der Waals surface area (Å²) in [5.41, 5.74) is 1.06. The van der Waals surface area contributed by atoms with Crippen LogP contribution in [0.25, 0.3) is 0 Å². The van der Waals surface area contributed by atoms with Gasteiger partial charge in [-0.15, -0.1) is 0 Å². The first-order valence-electron chi connectivity index (χ1n) is 8.86. The third kappa shape index (κ3) is 6.10. The lowest BCUT2D eigenvalue weighted by Crippen LogP contribution is -2.43. The molecular formula is C19H29FN2OS. The van der Waals surface area contributed by atoms with Gasteiger partial charge in [0.15, 0.2) is 0 Å². The van der Waals surface area contributed by atoms with E-state index in [4.69, 9.17) is 0 Å². The predicted octanol–water partition coefficient (Wildman–Crippen LogP) is 3.29. The standard InChI is InChI=1S/C19H29FN2OS/c1-3-22(19(23)15-24-2)14-17-7-5-10-21(13-17)11-9-16-6-4-8-18(20)12-16/h4,6,8,12,17H,3,5,7,9-11,13-15H2,1-2H3/t17-/m1/s1. The van der Waals surface area contributed by atoms with Crippen LogP contribution in [-0.2, 0) is 11.2 Å². The highest BCUT2D eigenvalue weighted by atomic mass is 32.2. The van der Waals surface area contributed by atoms with E-state index in [2.05, 4.69) is 11.8 Å². The molecule has 0 N–H and O–H groups in total. The van der Waals surface area contributed by atoms with Gasteiger partial charge < -0.3 is 9.80 Å². The summed E-state index contributed by atoms with van der Waals surface area (Å²) in [6.45, 7) is 6.83. The van der Waals surface area contributed by atoms with E-state index in [9.17, 15) is 9.18 Å². The van der Waals surface area contributed by atoms with Crippen LogP contribution in [0.1, 0.15) is 25.3 Å². The fourth-order valence-corrected chi connectivity index (χ4v) is 3.85. The molecule has 1 aliphatic rings. The van der Waals surface area contributed by atoms with Gasteiger partial charge in [-0.2, -0.15) is 11.8 Å². The van der Waals surface area contributed by atoms with Crippen molar-refractivity contribution in [2.24, 2.45) is 5.92 Å². The maximum atomic E-state index is 13.3. The van der Waals surface area contributed by atoms with Crippen LogP contribution in [0.5, 0.6) is 0 Å². The summed E-state index contributed by atoms with van der Waals surface area (Å²) in [5.74, 6) is 1.22. The van der Waals surface area contributed by atoms with Gasteiger partial charge in [0, 0.05) is 26.2 Å². The Morgan fingerprint density at radius 2 is 2.29 bits per heavy atom. The topological polar surface area (TPSA) is 23.6 Å². The molecule has 0 aliphatic carbocycles. The van der Waals surface area contributed by atoms with Crippen molar-refractivity contribution >= 4 is 17.7 Å². The molecule has 5 heteroatoms. The lowest BCUT2D eigenvalue weighted by molar-refractivity contribution is -0.129. The Morgan fingerprint density at radius 1 is 1.46 bits per heavy atom. The molecule has 0 aromatic heterocycles. The Hall–Kier alpha value is -1.07. The van der Waals surface area contributed by atoms with Crippen LogP contribution >= 0.6 is 11.8 Å². The second-order valence-electron chi connectivity index (χ2n) is 6.55. The number of hydrogen-bond acceptors (Lipinski definition) is 3. The van der Waals surface area contributed by atoms with Crippen molar-refractivity contribution < 1.29 is 9.18 Å². The molecule has 1 fully saturated rings. The number of amides is 1. The molecule has 3 nitrogen and oxygen atoms in total. The summed E-state index contributed by atoms with van der Waals surface area (Å²) >= 11 is 1.59. The highest BCUT2D eigenvalue weighted by molar-refractivity contribution is 7.99. The van der Waals surface area contributed by atoms with Gasteiger partial charge in [-0.3, -0.25) is 4.79 Å². The molecule has 134 valence electrons. The molecule has 1 aromatic rings. The lowest BCUT2D eigenvalue weighted by atomic mass is 9.97. The first-order valence-corrected chi connectivity index (χ1v) is 10.2. The van der Waals surface area contributed by atoms with Crippen molar-refractivity contribution in [2.45, 2.75) is 26.2 Å². The SMILES string of the molecule is CCN(C[C@@H]1CCCN(CCc2cccc(F)c2)C1)C(=O)CSC. The highest BCUT2D eigenvalue weighted by Crippen LogP contribution is 2.19. The van der Waals surface area contributed by atoms with Gasteiger partial charge in [-0.1, -0.05) is 12.1 Å². The van der Waals surface area contributed by atoms with E-state index in [-0.39, 0.29) is 11.7 Å². The average molecular weight is 353 g/mol. The number of carbonyl (C=O) groups excluding carboxylic acids is 1. The van der Waals surface area contributed by atoms with Crippen LogP contribution in [0, 0.1) is 11.7 Å². The van der Waals surface area contributed by atoms with Crippen molar-refractivity contribution in [2.75, 3.05) is 44.7 Å². The molecule has 1 aromatic carbocycles. The van der Waals surface area contributed by atoms with E-state index in [0.717, 1.165) is 44.7 Å². The van der Waals surface area contributed by atoms with E-state index in [1.807, 2.05) is 17.2 Å². The third-order valence-corrected chi connectivity index (χ3v) is 5.23. The first-order chi connectivity index (χ1) is 11.6. The van der Waals surface area contributed by atoms with Gasteiger partial charge in [0.2, 0.25) is 5.91 Å². The second kappa shape index (κ2) is 10.0. The van der Waals surface area contributed by atoms with Gasteiger partial charge in [-0.25, -0.2) is 4.39 Å². The van der Waals surface area contributed by atoms with Crippen LogP contribution in [0.4, 0.5) is 4.39 Å². The first kappa shape index (κ1) is 19.3. The van der Waals surface area contributed by atoms with Crippen molar-refractivity contribution in [1.29, 1.82) is 0 Å². The van der Waals surface area contributed by atoms with Gasteiger partial charge >= 0.3 is 0 Å². The lowest BCUT2D eigenvalue weighted by Gasteiger charge is -2.35. The van der Waals surface area contributed by atoms with Crippen molar-refractivity contribution in [3.05, 3.63) is 35.6 Å². The van der Waals surface area contributed by atoms with Gasteiger partial charge in [-0.05, 0) is 62.6 Å². The van der Waals surface area contributed by atoms with Crippen LogP contribution < -0.4 is 0 Å². The maximum absolute atomic E-state index is 13.3. The molecule has 1 amide bonds. The minimum Gasteiger partial charge on any atom is -0.342 e. The highest BCUT2D eigenvalue weighted by Gasteiger charge is 2.23. The molecule has 1 heterocycles. The number of carbonyl (C=O) groups is 1. The molecule has 24 heavy (non-hydrogen) atoms. The van der Waals surface area contributed by atoms with Crippen LogP contribution in [-0.4, -0.2) is 60.4 Å². The fraction of sp³-hybridized carbons (Fsp3) is 0.632. The summed E-state index contributed by atoms with van der Waals surface area (Å²) in [6, 6.07) is 6.89. The Bertz CT molecular complexity index is 526. The molecular weight excluding hydrogens is 323 g/mol. The monoisotopic (exact) mass is 352 g/mol. The quantitative estimate of drug-likeness (QED) is 0.717. The number of benzene rings is 1. The van der Waals surface area contributed by atoms with Crippen LogP contribution in [0.3, 0.4) is 0 Å². The molecule has 1 saturated heterocycles. The third-order valence-electron chi connectivity index (χ3n) is 4.69. The number of rotatable bonds is 8. The average Bonchev–Trinajstić information content (AvgIpc) is 2.58. The smallest absolute Gasteiger partial charge is 0.232 e. The maximum Gasteiger partial charge on any atom is 0.232 e. The molecule has 0 spiro atoms. The van der Waals surface area contributed by atoms with E-state index in [0.29, 0.717) is 11.7 Å². The number of thioether (sulfide) groups is 1. The summed E-state index contributed by atoms with van der Waals surface area (Å²) in [7, 11) is 0. The summed E-state index contributed by atoms with van der Waals surface area (Å²) in [6.07, 6.45) is 5.23. The zero-order chi connectivity index (χ0) is 17.4. The zero-order valence-corrected chi connectivity index (χ0v) is 15.7. The number of hydrogen-bond donors (Lipinski definition) is 0. The Balaban J connectivity index is 1.81. The Morgan fingerprint density at radius 3 is 3.00 bits per heavy atom. The Labute approximate surface area is 149 Å². The van der Waals surface area contributed by atoms with Gasteiger partial charge in [0.25, 0.3) is 0 Å². The van der Waals surface area contributed by atoms with Crippen molar-refractivity contribution in [3.8, 4) is 0 Å². The number of likely N-dealkylation sites (tertiary alicyclic amines) is 1. The van der Waals surface area contributed by atoms with Gasteiger partial charge in [0.1, 0.15) is 5.82 Å². The van der Waals surface area contributed by atoms with E-state index in [1.165, 1.54) is 18.9 Å². The second-order valence-corrected chi connectivity index (χ2v) is 7.42. The fourth-order valence-electron chi connectivity index (χ4n) is 3.42. The minimum absolute atomic E-state index is 0.157. The molecule has 0 radical (unpaired) electrons. The van der Waals surface area contributed by atoms with Gasteiger partial charge in [0.05, 0.1) is 5.75 Å². The zero-order valence-electron chi connectivity index (χ0n) is 14.8. The summed E-state index contributed by atoms with van der Waals surface area (Å²) < 4.78 is 13.3.